The summed E-state index contributed by atoms with van der Waals surface area (Å²) < 4.78 is 0. The molecule has 0 bridgehead atoms. The van der Waals surface area contributed by atoms with E-state index in [1.54, 1.807) is 12.1 Å². The topological polar surface area (TPSA) is 77.8 Å². The average Bonchev–Trinajstić information content (AvgIpc) is 2.68. The normalized spacial score (nSPS) is 16.3. The van der Waals surface area contributed by atoms with E-state index in [-0.39, 0.29) is 23.8 Å². The molecule has 1 aliphatic rings. The molecule has 3 rings (SSSR count). The smallest absolute Gasteiger partial charge is 0.335 e. The van der Waals surface area contributed by atoms with Crippen molar-refractivity contribution in [3.63, 3.8) is 0 Å². The molecule has 1 saturated heterocycles. The number of hydrogen-bond donors (Lipinski definition) is 2. The number of carbonyl (C=O) groups excluding carboxylic acids is 1. The predicted molar refractivity (Wildman–Crippen MR) is 97.8 cm³/mol. The Bertz CT molecular complexity index is 749. The fraction of sp³-hybridized carbons (Fsp3) is 0.333. The zero-order valence-electron chi connectivity index (χ0n) is 14.5. The monoisotopic (exact) mass is 353 g/mol. The molecule has 0 radical (unpaired) electrons. The molecule has 26 heavy (non-hydrogen) atoms. The van der Waals surface area contributed by atoms with Crippen LogP contribution in [0.25, 0.3) is 0 Å². The van der Waals surface area contributed by atoms with Crippen molar-refractivity contribution in [2.24, 2.45) is 5.92 Å². The number of aliphatic hydroxyl groups is 1. The molecule has 1 amide bonds. The number of aliphatic hydroxyl groups excluding tert-OH is 1. The second-order valence-corrected chi connectivity index (χ2v) is 6.75. The molecule has 0 aliphatic carbocycles. The number of likely N-dealkylation sites (tertiary alicyclic amines) is 1. The second kappa shape index (κ2) is 8.15. The van der Waals surface area contributed by atoms with Gasteiger partial charge in [-0.25, -0.2) is 4.79 Å². The number of amides is 1. The third-order valence-electron chi connectivity index (χ3n) is 5.04. The van der Waals surface area contributed by atoms with Gasteiger partial charge in [0.05, 0.1) is 18.1 Å². The van der Waals surface area contributed by atoms with Gasteiger partial charge in [0.15, 0.2) is 0 Å². The van der Waals surface area contributed by atoms with Crippen LogP contribution >= 0.6 is 0 Å². The van der Waals surface area contributed by atoms with Gasteiger partial charge < -0.3 is 15.1 Å². The van der Waals surface area contributed by atoms with Crippen molar-refractivity contribution in [1.29, 1.82) is 0 Å². The number of aromatic carboxylic acids is 1. The molecule has 0 spiro atoms. The highest BCUT2D eigenvalue weighted by atomic mass is 16.4. The molecular weight excluding hydrogens is 330 g/mol. The summed E-state index contributed by atoms with van der Waals surface area (Å²) in [7, 11) is 0. The van der Waals surface area contributed by atoms with Gasteiger partial charge in [-0.2, -0.15) is 0 Å². The summed E-state index contributed by atoms with van der Waals surface area (Å²) in [5.74, 6) is -0.765. The maximum Gasteiger partial charge on any atom is 0.335 e. The van der Waals surface area contributed by atoms with E-state index >= 15 is 0 Å². The number of nitrogens with zero attached hydrogens (tertiary/aromatic N) is 1. The van der Waals surface area contributed by atoms with E-state index in [4.69, 9.17) is 5.11 Å². The summed E-state index contributed by atoms with van der Waals surface area (Å²) in [5.41, 5.74) is 1.96. The summed E-state index contributed by atoms with van der Waals surface area (Å²) >= 11 is 0. The molecule has 1 aliphatic heterocycles. The lowest BCUT2D eigenvalue weighted by molar-refractivity contribution is -0.132. The average molecular weight is 353 g/mol. The van der Waals surface area contributed by atoms with Gasteiger partial charge in [0.1, 0.15) is 0 Å². The lowest BCUT2D eigenvalue weighted by atomic mass is 9.87. The molecular formula is C21H23NO4. The molecule has 2 N–H and O–H groups in total. The maximum absolute atomic E-state index is 12.5. The number of carbonyl (C=O) groups is 2. The largest absolute Gasteiger partial charge is 0.478 e. The Balaban J connectivity index is 1.52. The summed E-state index contributed by atoms with van der Waals surface area (Å²) in [6.45, 7) is 1.28. The van der Waals surface area contributed by atoms with Crippen LogP contribution in [0.15, 0.2) is 54.6 Å². The SMILES string of the molecule is O=C(O)c1ccc(CC(=O)N2CCC(C(O)c3ccccc3)CC2)cc1. The predicted octanol–water partition coefficient (Wildman–Crippen LogP) is 2.90. The first-order chi connectivity index (χ1) is 12.5. The highest BCUT2D eigenvalue weighted by Crippen LogP contribution is 2.30. The van der Waals surface area contributed by atoms with Crippen molar-refractivity contribution < 1.29 is 19.8 Å². The van der Waals surface area contributed by atoms with Crippen LogP contribution in [0.5, 0.6) is 0 Å². The minimum Gasteiger partial charge on any atom is -0.478 e. The van der Waals surface area contributed by atoms with E-state index in [1.165, 1.54) is 12.1 Å². The number of benzene rings is 2. The van der Waals surface area contributed by atoms with Gasteiger partial charge in [-0.1, -0.05) is 42.5 Å². The summed E-state index contributed by atoms with van der Waals surface area (Å²) in [5, 5.41) is 19.4. The highest BCUT2D eigenvalue weighted by Gasteiger charge is 2.28. The summed E-state index contributed by atoms with van der Waals surface area (Å²) in [6, 6.07) is 16.1. The first-order valence-electron chi connectivity index (χ1n) is 8.87. The summed E-state index contributed by atoms with van der Waals surface area (Å²) in [4.78, 5) is 25.2. The van der Waals surface area contributed by atoms with Crippen molar-refractivity contribution in [1.82, 2.24) is 4.90 Å². The lowest BCUT2D eigenvalue weighted by Crippen LogP contribution is -2.40. The Morgan fingerprint density at radius 2 is 1.62 bits per heavy atom. The zero-order chi connectivity index (χ0) is 18.5. The Hall–Kier alpha value is -2.66. The summed E-state index contributed by atoms with van der Waals surface area (Å²) in [6.07, 6.45) is 1.34. The van der Waals surface area contributed by atoms with Gasteiger partial charge in [0.2, 0.25) is 5.91 Å². The van der Waals surface area contributed by atoms with Crippen molar-refractivity contribution in [2.75, 3.05) is 13.1 Å². The van der Waals surface area contributed by atoms with Crippen LogP contribution in [-0.2, 0) is 11.2 Å². The number of piperidine rings is 1. The Morgan fingerprint density at radius 3 is 2.19 bits per heavy atom. The van der Waals surface area contributed by atoms with E-state index in [0.717, 1.165) is 24.0 Å². The van der Waals surface area contributed by atoms with Gasteiger partial charge >= 0.3 is 5.97 Å². The lowest BCUT2D eigenvalue weighted by Gasteiger charge is -2.34. The van der Waals surface area contributed by atoms with Gasteiger partial charge in [-0.3, -0.25) is 4.79 Å². The van der Waals surface area contributed by atoms with Crippen LogP contribution < -0.4 is 0 Å². The van der Waals surface area contributed by atoms with E-state index in [2.05, 4.69) is 0 Å². The molecule has 136 valence electrons. The zero-order valence-corrected chi connectivity index (χ0v) is 14.5. The maximum atomic E-state index is 12.5. The van der Waals surface area contributed by atoms with Crippen molar-refractivity contribution in [2.45, 2.75) is 25.4 Å². The molecule has 1 fully saturated rings. The van der Waals surface area contributed by atoms with Crippen LogP contribution in [0.2, 0.25) is 0 Å². The molecule has 5 heteroatoms. The molecule has 1 heterocycles. The van der Waals surface area contributed by atoms with Crippen LogP contribution in [0.4, 0.5) is 0 Å². The molecule has 5 nitrogen and oxygen atoms in total. The fourth-order valence-electron chi connectivity index (χ4n) is 3.44. The van der Waals surface area contributed by atoms with Crippen LogP contribution in [0, 0.1) is 5.92 Å². The van der Waals surface area contributed by atoms with Crippen molar-refractivity contribution in [3.8, 4) is 0 Å². The van der Waals surface area contributed by atoms with Crippen LogP contribution in [0.1, 0.15) is 40.4 Å². The van der Waals surface area contributed by atoms with E-state index in [9.17, 15) is 14.7 Å². The minimum absolute atomic E-state index is 0.0423. The van der Waals surface area contributed by atoms with Crippen molar-refractivity contribution in [3.05, 3.63) is 71.3 Å². The molecule has 2 aromatic carbocycles. The van der Waals surface area contributed by atoms with Gasteiger partial charge in [-0.15, -0.1) is 0 Å². The van der Waals surface area contributed by atoms with Crippen LogP contribution in [0.3, 0.4) is 0 Å². The molecule has 2 aromatic rings. The minimum atomic E-state index is -0.970. The number of carboxylic acid groups (broad SMARTS) is 1. The molecule has 0 aromatic heterocycles. The first kappa shape index (κ1) is 18.1. The number of hydrogen-bond acceptors (Lipinski definition) is 3. The fourth-order valence-corrected chi connectivity index (χ4v) is 3.44. The van der Waals surface area contributed by atoms with Gasteiger partial charge in [-0.05, 0) is 42.0 Å². The first-order valence-corrected chi connectivity index (χ1v) is 8.87. The molecule has 1 unspecified atom stereocenters. The Kier molecular flexibility index (Phi) is 5.68. The van der Waals surface area contributed by atoms with E-state index < -0.39 is 12.1 Å². The van der Waals surface area contributed by atoms with E-state index in [0.29, 0.717) is 13.1 Å². The van der Waals surface area contributed by atoms with Gasteiger partial charge in [0.25, 0.3) is 0 Å². The Morgan fingerprint density at radius 1 is 1.00 bits per heavy atom. The quantitative estimate of drug-likeness (QED) is 0.866. The molecule has 0 saturated carbocycles. The van der Waals surface area contributed by atoms with E-state index in [1.807, 2.05) is 35.2 Å². The standard InChI is InChI=1S/C21H23NO4/c23-19(14-15-6-8-18(9-7-15)21(25)26)22-12-10-17(11-13-22)20(24)16-4-2-1-3-5-16/h1-9,17,20,24H,10-14H2,(H,25,26). The third kappa shape index (κ3) is 4.29. The highest BCUT2D eigenvalue weighted by molar-refractivity contribution is 5.87. The molecule has 1 atom stereocenters. The van der Waals surface area contributed by atoms with Crippen LogP contribution in [-0.4, -0.2) is 40.1 Å². The van der Waals surface area contributed by atoms with Gasteiger partial charge in [0, 0.05) is 13.1 Å². The third-order valence-corrected chi connectivity index (χ3v) is 5.04. The number of rotatable bonds is 5. The Labute approximate surface area is 152 Å². The number of carboxylic acids is 1. The van der Waals surface area contributed by atoms with Crippen molar-refractivity contribution >= 4 is 11.9 Å². The second-order valence-electron chi connectivity index (χ2n) is 6.75.